The molecule has 2 fully saturated rings. The number of ether oxygens (including phenoxy) is 1. The minimum atomic E-state index is 0.245. The second-order valence-electron chi connectivity index (χ2n) is 6.15. The van der Waals surface area contributed by atoms with Gasteiger partial charge in [0.2, 0.25) is 5.91 Å². The van der Waals surface area contributed by atoms with Crippen molar-refractivity contribution in [3.8, 4) is 0 Å². The van der Waals surface area contributed by atoms with E-state index >= 15 is 0 Å². The van der Waals surface area contributed by atoms with Crippen molar-refractivity contribution in [2.75, 3.05) is 26.2 Å². The predicted octanol–water partition coefficient (Wildman–Crippen LogP) is 2.23. The molecule has 1 aliphatic carbocycles. The maximum Gasteiger partial charge on any atom is 0.223 e. The number of hydrogen-bond acceptors (Lipinski definition) is 3. The minimum Gasteiger partial charge on any atom is -0.376 e. The summed E-state index contributed by atoms with van der Waals surface area (Å²) in [6, 6.07) is 0. The third-order valence-corrected chi connectivity index (χ3v) is 4.52. The first kappa shape index (κ1) is 15.8. The molecule has 1 saturated heterocycles. The van der Waals surface area contributed by atoms with E-state index in [1.807, 2.05) is 0 Å². The summed E-state index contributed by atoms with van der Waals surface area (Å²) in [7, 11) is 0. The number of rotatable bonds is 5. The van der Waals surface area contributed by atoms with Gasteiger partial charge in [0, 0.05) is 12.5 Å². The van der Waals surface area contributed by atoms with Crippen molar-refractivity contribution >= 4 is 5.91 Å². The molecule has 20 heavy (non-hydrogen) atoms. The lowest BCUT2D eigenvalue weighted by molar-refractivity contribution is -0.126. The van der Waals surface area contributed by atoms with Crippen LogP contribution in [0.3, 0.4) is 0 Å². The van der Waals surface area contributed by atoms with Crippen LogP contribution in [-0.2, 0) is 9.53 Å². The minimum absolute atomic E-state index is 0.245. The standard InChI is InChI=1S/C16H30N2O2/c19-16(14-6-4-2-1-3-5-7-14)18-12-13-20-15-8-10-17-11-9-15/h14-15,17H,1-13H2,(H,18,19). The average molecular weight is 282 g/mol. The zero-order valence-corrected chi connectivity index (χ0v) is 12.7. The lowest BCUT2D eigenvalue weighted by atomic mass is 9.90. The van der Waals surface area contributed by atoms with Crippen molar-refractivity contribution in [2.24, 2.45) is 5.92 Å². The summed E-state index contributed by atoms with van der Waals surface area (Å²) in [5.74, 6) is 0.495. The van der Waals surface area contributed by atoms with Gasteiger partial charge in [0.1, 0.15) is 0 Å². The Morgan fingerprint density at radius 3 is 2.35 bits per heavy atom. The quantitative estimate of drug-likeness (QED) is 0.760. The lowest BCUT2D eigenvalue weighted by Gasteiger charge is -2.23. The number of amides is 1. The molecule has 0 atom stereocenters. The molecule has 2 aliphatic rings. The molecular weight excluding hydrogens is 252 g/mol. The maximum atomic E-state index is 12.1. The van der Waals surface area contributed by atoms with Gasteiger partial charge in [-0.05, 0) is 38.8 Å². The number of carbonyl (C=O) groups excluding carboxylic acids is 1. The van der Waals surface area contributed by atoms with Crippen molar-refractivity contribution in [1.82, 2.24) is 10.6 Å². The Morgan fingerprint density at radius 2 is 1.65 bits per heavy atom. The molecule has 0 unspecified atom stereocenters. The van der Waals surface area contributed by atoms with Crippen molar-refractivity contribution in [3.63, 3.8) is 0 Å². The highest BCUT2D eigenvalue weighted by Crippen LogP contribution is 2.22. The van der Waals surface area contributed by atoms with E-state index in [0.717, 1.165) is 38.8 Å². The molecule has 0 bridgehead atoms. The van der Waals surface area contributed by atoms with Gasteiger partial charge in [0.15, 0.2) is 0 Å². The summed E-state index contributed by atoms with van der Waals surface area (Å²) in [5.41, 5.74) is 0. The topological polar surface area (TPSA) is 50.4 Å². The Bertz CT molecular complexity index is 270. The molecule has 0 spiro atoms. The smallest absolute Gasteiger partial charge is 0.223 e. The van der Waals surface area contributed by atoms with Crippen molar-refractivity contribution in [3.05, 3.63) is 0 Å². The SMILES string of the molecule is O=C(NCCOC1CCNCC1)C1CCCCCCC1. The maximum absolute atomic E-state index is 12.1. The fourth-order valence-electron chi connectivity index (χ4n) is 3.22. The molecule has 1 heterocycles. The molecule has 2 rings (SSSR count). The highest BCUT2D eigenvalue weighted by molar-refractivity contribution is 5.78. The summed E-state index contributed by atoms with van der Waals surface area (Å²) in [6.07, 6.45) is 11.1. The summed E-state index contributed by atoms with van der Waals surface area (Å²) in [6.45, 7) is 3.43. The van der Waals surface area contributed by atoms with Gasteiger partial charge in [0.05, 0.1) is 12.7 Å². The summed E-state index contributed by atoms with van der Waals surface area (Å²) >= 11 is 0. The van der Waals surface area contributed by atoms with E-state index in [4.69, 9.17) is 4.74 Å². The Labute approximate surface area is 123 Å². The Balaban J connectivity index is 1.56. The first-order valence-electron chi connectivity index (χ1n) is 8.46. The average Bonchev–Trinajstić information content (AvgIpc) is 2.44. The highest BCUT2D eigenvalue weighted by atomic mass is 16.5. The molecule has 4 nitrogen and oxygen atoms in total. The number of carbonyl (C=O) groups is 1. The van der Waals surface area contributed by atoms with Gasteiger partial charge in [-0.3, -0.25) is 4.79 Å². The van der Waals surface area contributed by atoms with E-state index < -0.39 is 0 Å². The van der Waals surface area contributed by atoms with Gasteiger partial charge in [-0.2, -0.15) is 0 Å². The monoisotopic (exact) mass is 282 g/mol. The van der Waals surface area contributed by atoms with Gasteiger partial charge < -0.3 is 15.4 Å². The predicted molar refractivity (Wildman–Crippen MR) is 80.7 cm³/mol. The number of hydrogen-bond donors (Lipinski definition) is 2. The Kier molecular flexibility index (Phi) is 7.37. The normalized spacial score (nSPS) is 23.0. The molecule has 0 aromatic carbocycles. The zero-order chi connectivity index (χ0) is 14.0. The Hall–Kier alpha value is -0.610. The van der Waals surface area contributed by atoms with Crippen molar-refractivity contribution in [1.29, 1.82) is 0 Å². The molecule has 1 amide bonds. The summed E-state index contributed by atoms with van der Waals surface area (Å²) in [5, 5.41) is 6.39. The molecular formula is C16H30N2O2. The Morgan fingerprint density at radius 1 is 1.00 bits per heavy atom. The molecule has 1 aliphatic heterocycles. The zero-order valence-electron chi connectivity index (χ0n) is 12.7. The van der Waals surface area contributed by atoms with Crippen LogP contribution in [0.1, 0.15) is 57.8 Å². The van der Waals surface area contributed by atoms with E-state index in [9.17, 15) is 4.79 Å². The number of nitrogens with one attached hydrogen (secondary N) is 2. The van der Waals surface area contributed by atoms with Crippen LogP contribution in [0.25, 0.3) is 0 Å². The fourth-order valence-corrected chi connectivity index (χ4v) is 3.22. The molecule has 0 aromatic rings. The fraction of sp³-hybridized carbons (Fsp3) is 0.938. The first-order chi connectivity index (χ1) is 9.86. The number of piperidine rings is 1. The van der Waals surface area contributed by atoms with E-state index in [1.54, 1.807) is 0 Å². The first-order valence-corrected chi connectivity index (χ1v) is 8.46. The van der Waals surface area contributed by atoms with Crippen LogP contribution in [0.5, 0.6) is 0 Å². The van der Waals surface area contributed by atoms with Crippen LogP contribution in [0.2, 0.25) is 0 Å². The van der Waals surface area contributed by atoms with Crippen molar-refractivity contribution < 1.29 is 9.53 Å². The van der Waals surface area contributed by atoms with Crippen LogP contribution in [-0.4, -0.2) is 38.3 Å². The third-order valence-electron chi connectivity index (χ3n) is 4.52. The second-order valence-corrected chi connectivity index (χ2v) is 6.15. The summed E-state index contributed by atoms with van der Waals surface area (Å²) in [4.78, 5) is 12.1. The van der Waals surface area contributed by atoms with Crippen LogP contribution >= 0.6 is 0 Å². The largest absolute Gasteiger partial charge is 0.376 e. The van der Waals surface area contributed by atoms with E-state index in [2.05, 4.69) is 10.6 Å². The van der Waals surface area contributed by atoms with Gasteiger partial charge in [-0.1, -0.05) is 32.1 Å². The molecule has 2 N–H and O–H groups in total. The summed E-state index contributed by atoms with van der Waals surface area (Å²) < 4.78 is 5.81. The molecule has 116 valence electrons. The van der Waals surface area contributed by atoms with Gasteiger partial charge >= 0.3 is 0 Å². The van der Waals surface area contributed by atoms with E-state index in [-0.39, 0.29) is 11.8 Å². The van der Waals surface area contributed by atoms with Gasteiger partial charge in [-0.15, -0.1) is 0 Å². The van der Waals surface area contributed by atoms with Gasteiger partial charge in [0.25, 0.3) is 0 Å². The molecule has 0 aromatic heterocycles. The van der Waals surface area contributed by atoms with Crippen molar-refractivity contribution in [2.45, 2.75) is 63.9 Å². The third kappa shape index (κ3) is 5.80. The van der Waals surface area contributed by atoms with Crippen LogP contribution in [0.15, 0.2) is 0 Å². The molecule has 1 saturated carbocycles. The second kappa shape index (κ2) is 9.35. The van der Waals surface area contributed by atoms with Gasteiger partial charge in [-0.25, -0.2) is 0 Å². The van der Waals surface area contributed by atoms with Crippen LogP contribution in [0, 0.1) is 5.92 Å². The van der Waals surface area contributed by atoms with Crippen LogP contribution < -0.4 is 10.6 Å². The lowest BCUT2D eigenvalue weighted by Crippen LogP contribution is -2.36. The van der Waals surface area contributed by atoms with Crippen LogP contribution in [0.4, 0.5) is 0 Å². The highest BCUT2D eigenvalue weighted by Gasteiger charge is 2.19. The molecule has 0 radical (unpaired) electrons. The van der Waals surface area contributed by atoms with E-state index in [0.29, 0.717) is 19.3 Å². The van der Waals surface area contributed by atoms with E-state index in [1.165, 1.54) is 32.1 Å². The molecule has 4 heteroatoms.